The van der Waals surface area contributed by atoms with Gasteiger partial charge in [-0.25, -0.2) is 4.79 Å². The number of benzene rings is 1. The number of carbonyl (C=O) groups excluding carboxylic acids is 2. The van der Waals surface area contributed by atoms with Crippen molar-refractivity contribution in [3.8, 4) is 0 Å². The van der Waals surface area contributed by atoms with Crippen LogP contribution in [0.15, 0.2) is 24.3 Å². The summed E-state index contributed by atoms with van der Waals surface area (Å²) in [4.78, 5) is 33.7. The predicted octanol–water partition coefficient (Wildman–Crippen LogP) is 0.307. The van der Waals surface area contributed by atoms with E-state index in [4.69, 9.17) is 10.8 Å². The van der Waals surface area contributed by atoms with E-state index < -0.39 is 30.2 Å². The first kappa shape index (κ1) is 14.7. The molecular weight excluding hydrogens is 248 g/mol. The molecular formula is C13H16N2O4. The zero-order chi connectivity index (χ0) is 14.4. The number of amides is 2. The molecule has 0 heterocycles. The van der Waals surface area contributed by atoms with E-state index in [1.54, 1.807) is 24.3 Å². The Kier molecular flexibility index (Phi) is 5.05. The van der Waals surface area contributed by atoms with Crippen molar-refractivity contribution in [2.24, 2.45) is 5.73 Å². The summed E-state index contributed by atoms with van der Waals surface area (Å²) in [5, 5.41) is 11.2. The fourth-order valence-corrected chi connectivity index (χ4v) is 1.69. The maximum Gasteiger partial charge on any atom is 0.326 e. The average molecular weight is 264 g/mol. The standard InChI is InChI=1S/C13H16N2O4/c1-2-8-5-3-4-6-9(8)12(17)15-10(13(18)19)7-11(14)16/h3-6,10H,2,7H2,1H3,(H2,14,16)(H,15,17)(H,18,19)/t10-/m1/s1. The lowest BCUT2D eigenvalue weighted by Crippen LogP contribution is -2.43. The fourth-order valence-electron chi connectivity index (χ4n) is 1.69. The molecule has 0 radical (unpaired) electrons. The van der Waals surface area contributed by atoms with Gasteiger partial charge < -0.3 is 16.2 Å². The Morgan fingerprint density at radius 3 is 2.47 bits per heavy atom. The van der Waals surface area contributed by atoms with Gasteiger partial charge in [-0.3, -0.25) is 9.59 Å². The van der Waals surface area contributed by atoms with Crippen LogP contribution in [0.2, 0.25) is 0 Å². The van der Waals surface area contributed by atoms with Gasteiger partial charge in [-0.2, -0.15) is 0 Å². The molecule has 0 fully saturated rings. The SMILES string of the molecule is CCc1ccccc1C(=O)N[C@H](CC(N)=O)C(=O)O. The quantitative estimate of drug-likeness (QED) is 0.686. The van der Waals surface area contributed by atoms with Crippen molar-refractivity contribution in [2.75, 3.05) is 0 Å². The molecule has 19 heavy (non-hydrogen) atoms. The second-order valence-electron chi connectivity index (χ2n) is 4.05. The molecule has 4 N–H and O–H groups in total. The van der Waals surface area contributed by atoms with Gasteiger partial charge in [0.25, 0.3) is 5.91 Å². The maximum absolute atomic E-state index is 12.0. The van der Waals surface area contributed by atoms with Gasteiger partial charge in [0.1, 0.15) is 6.04 Å². The summed E-state index contributed by atoms with van der Waals surface area (Å²) in [5.74, 6) is -2.59. The van der Waals surface area contributed by atoms with Crippen LogP contribution in [0, 0.1) is 0 Å². The van der Waals surface area contributed by atoms with Crippen LogP contribution in [0.5, 0.6) is 0 Å². The summed E-state index contributed by atoms with van der Waals surface area (Å²) in [7, 11) is 0. The first-order valence-corrected chi connectivity index (χ1v) is 5.85. The lowest BCUT2D eigenvalue weighted by Gasteiger charge is -2.14. The van der Waals surface area contributed by atoms with Crippen LogP contribution >= 0.6 is 0 Å². The maximum atomic E-state index is 12.0. The first-order chi connectivity index (χ1) is 8.95. The van der Waals surface area contributed by atoms with E-state index >= 15 is 0 Å². The molecule has 0 aromatic heterocycles. The van der Waals surface area contributed by atoms with Crippen molar-refractivity contribution in [1.82, 2.24) is 5.32 Å². The highest BCUT2D eigenvalue weighted by molar-refractivity contribution is 5.98. The van der Waals surface area contributed by atoms with E-state index in [1.807, 2.05) is 6.92 Å². The van der Waals surface area contributed by atoms with Crippen molar-refractivity contribution < 1.29 is 19.5 Å². The van der Waals surface area contributed by atoms with Gasteiger partial charge >= 0.3 is 5.97 Å². The van der Waals surface area contributed by atoms with Crippen LogP contribution in [0.3, 0.4) is 0 Å². The van der Waals surface area contributed by atoms with E-state index in [1.165, 1.54) is 0 Å². The van der Waals surface area contributed by atoms with Crippen LogP contribution in [0.25, 0.3) is 0 Å². The number of hydrogen-bond acceptors (Lipinski definition) is 3. The van der Waals surface area contributed by atoms with Gasteiger partial charge in [0, 0.05) is 5.56 Å². The average Bonchev–Trinajstić information content (AvgIpc) is 2.37. The first-order valence-electron chi connectivity index (χ1n) is 5.85. The van der Waals surface area contributed by atoms with Crippen molar-refractivity contribution in [3.05, 3.63) is 35.4 Å². The highest BCUT2D eigenvalue weighted by Gasteiger charge is 2.23. The topological polar surface area (TPSA) is 109 Å². The van der Waals surface area contributed by atoms with Crippen LogP contribution < -0.4 is 11.1 Å². The molecule has 0 unspecified atom stereocenters. The molecule has 0 bridgehead atoms. The molecule has 0 aliphatic rings. The van der Waals surface area contributed by atoms with Crippen molar-refractivity contribution in [1.29, 1.82) is 0 Å². The fraction of sp³-hybridized carbons (Fsp3) is 0.308. The Morgan fingerprint density at radius 2 is 1.95 bits per heavy atom. The third-order valence-corrected chi connectivity index (χ3v) is 2.65. The number of carbonyl (C=O) groups is 3. The van der Waals surface area contributed by atoms with E-state index in [0.717, 1.165) is 5.56 Å². The summed E-state index contributed by atoms with van der Waals surface area (Å²) in [6, 6.07) is 5.58. The predicted molar refractivity (Wildman–Crippen MR) is 68.5 cm³/mol. The van der Waals surface area contributed by atoms with Crippen LogP contribution in [-0.4, -0.2) is 28.9 Å². The van der Waals surface area contributed by atoms with Gasteiger partial charge in [0.2, 0.25) is 5.91 Å². The zero-order valence-corrected chi connectivity index (χ0v) is 10.6. The van der Waals surface area contributed by atoms with E-state index in [-0.39, 0.29) is 0 Å². The Bertz CT molecular complexity index is 499. The van der Waals surface area contributed by atoms with Crippen LogP contribution in [0.1, 0.15) is 29.3 Å². The number of aryl methyl sites for hydroxylation is 1. The number of hydrogen-bond donors (Lipinski definition) is 3. The highest BCUT2D eigenvalue weighted by Crippen LogP contribution is 2.10. The van der Waals surface area contributed by atoms with Gasteiger partial charge in [-0.05, 0) is 18.1 Å². The molecule has 6 nitrogen and oxygen atoms in total. The minimum absolute atomic E-state index is 0.403. The zero-order valence-electron chi connectivity index (χ0n) is 10.6. The molecule has 102 valence electrons. The Morgan fingerprint density at radius 1 is 1.32 bits per heavy atom. The van der Waals surface area contributed by atoms with Gasteiger partial charge in [-0.15, -0.1) is 0 Å². The Labute approximate surface area is 110 Å². The largest absolute Gasteiger partial charge is 0.480 e. The molecule has 0 saturated carbocycles. The molecule has 6 heteroatoms. The number of rotatable bonds is 6. The minimum atomic E-state index is -1.31. The second kappa shape index (κ2) is 6.53. The number of primary amides is 1. The molecule has 2 amide bonds. The Balaban J connectivity index is 2.87. The lowest BCUT2D eigenvalue weighted by molar-refractivity contribution is -0.140. The summed E-state index contributed by atoms with van der Waals surface area (Å²) in [6.45, 7) is 1.89. The minimum Gasteiger partial charge on any atom is -0.480 e. The smallest absolute Gasteiger partial charge is 0.326 e. The number of nitrogens with one attached hydrogen (secondary N) is 1. The Hall–Kier alpha value is -2.37. The number of carboxylic acid groups (broad SMARTS) is 1. The lowest BCUT2D eigenvalue weighted by atomic mass is 10.0. The normalized spacial score (nSPS) is 11.6. The molecule has 0 aliphatic carbocycles. The third kappa shape index (κ3) is 4.09. The van der Waals surface area contributed by atoms with E-state index in [0.29, 0.717) is 12.0 Å². The summed E-state index contributed by atoms with van der Waals surface area (Å²) in [6.07, 6.45) is 0.215. The van der Waals surface area contributed by atoms with Crippen molar-refractivity contribution in [2.45, 2.75) is 25.8 Å². The second-order valence-corrected chi connectivity index (χ2v) is 4.05. The third-order valence-electron chi connectivity index (χ3n) is 2.65. The van der Waals surface area contributed by atoms with Gasteiger partial charge in [-0.1, -0.05) is 25.1 Å². The summed E-state index contributed by atoms with van der Waals surface area (Å²) < 4.78 is 0. The van der Waals surface area contributed by atoms with Crippen LogP contribution in [0.4, 0.5) is 0 Å². The molecule has 1 aromatic rings. The molecule has 1 atom stereocenters. The van der Waals surface area contributed by atoms with Crippen molar-refractivity contribution >= 4 is 17.8 Å². The summed E-state index contributed by atoms with van der Waals surface area (Å²) >= 11 is 0. The highest BCUT2D eigenvalue weighted by atomic mass is 16.4. The molecule has 0 spiro atoms. The molecule has 0 saturated heterocycles. The number of aliphatic carboxylic acids is 1. The number of carboxylic acids is 1. The van der Waals surface area contributed by atoms with Gasteiger partial charge in [0.15, 0.2) is 0 Å². The number of nitrogens with two attached hydrogens (primary N) is 1. The van der Waals surface area contributed by atoms with Crippen molar-refractivity contribution in [3.63, 3.8) is 0 Å². The summed E-state index contributed by atoms with van der Waals surface area (Å²) in [5.41, 5.74) is 6.16. The molecule has 1 rings (SSSR count). The monoisotopic (exact) mass is 264 g/mol. The van der Waals surface area contributed by atoms with Crippen LogP contribution in [-0.2, 0) is 16.0 Å². The molecule has 1 aromatic carbocycles. The van der Waals surface area contributed by atoms with E-state index in [2.05, 4.69) is 5.32 Å². The molecule has 0 aliphatic heterocycles. The van der Waals surface area contributed by atoms with E-state index in [9.17, 15) is 14.4 Å². The van der Waals surface area contributed by atoms with Gasteiger partial charge in [0.05, 0.1) is 6.42 Å².